The van der Waals surface area contributed by atoms with E-state index in [4.69, 9.17) is 42.6 Å². The first-order valence-corrected chi connectivity index (χ1v) is 23.2. The number of unbranched alkanes of at least 4 members (excludes halogenated alkanes) is 19. The van der Waals surface area contributed by atoms with Crippen molar-refractivity contribution in [1.29, 1.82) is 0 Å². The Labute approximate surface area is 344 Å². The fourth-order valence-corrected chi connectivity index (χ4v) is 6.30. The van der Waals surface area contributed by atoms with Gasteiger partial charge in [0.25, 0.3) is 0 Å². The molecule has 0 aliphatic carbocycles. The number of ether oxygens (including phenoxy) is 9. The molecule has 1 aromatic carbocycles. The fraction of sp³-hybridized carbons (Fsp3) is 0.872. The molecule has 0 fully saturated rings. The molecule has 1 rings (SSSR count). The summed E-state index contributed by atoms with van der Waals surface area (Å²) in [6.07, 6.45) is 29.8. The maximum absolute atomic E-state index is 5.80. The van der Waals surface area contributed by atoms with E-state index in [2.05, 4.69) is 38.1 Å². The van der Waals surface area contributed by atoms with Crippen LogP contribution >= 0.6 is 0 Å². The van der Waals surface area contributed by atoms with Crippen LogP contribution in [0.5, 0.6) is 5.75 Å². The molecule has 0 aliphatic heterocycles. The normalized spacial score (nSPS) is 11.5. The van der Waals surface area contributed by atoms with Crippen LogP contribution in [0.15, 0.2) is 24.3 Å². The van der Waals surface area contributed by atoms with Crippen molar-refractivity contribution < 1.29 is 42.6 Å². The van der Waals surface area contributed by atoms with Crippen LogP contribution in [0.2, 0.25) is 0 Å². The highest BCUT2D eigenvalue weighted by Crippen LogP contribution is 2.16. The highest BCUT2D eigenvalue weighted by molar-refractivity contribution is 5.27. The fourth-order valence-electron chi connectivity index (χ4n) is 6.30. The van der Waals surface area contributed by atoms with E-state index in [-0.39, 0.29) is 0 Å². The minimum absolute atomic E-state index is 0.532. The summed E-state index contributed by atoms with van der Waals surface area (Å²) in [5, 5.41) is 0. The zero-order valence-corrected chi connectivity index (χ0v) is 36.6. The smallest absolute Gasteiger partial charge is 0.119 e. The summed E-state index contributed by atoms with van der Waals surface area (Å²) < 4.78 is 50.5. The molecule has 0 amide bonds. The summed E-state index contributed by atoms with van der Waals surface area (Å²) in [6.45, 7) is 14.3. The van der Waals surface area contributed by atoms with Crippen molar-refractivity contribution >= 4 is 0 Å². The van der Waals surface area contributed by atoms with E-state index in [0.29, 0.717) is 106 Å². The van der Waals surface area contributed by atoms with E-state index in [1.54, 1.807) is 0 Å². The predicted molar refractivity (Wildman–Crippen MR) is 230 cm³/mol. The van der Waals surface area contributed by atoms with Gasteiger partial charge in [0.2, 0.25) is 0 Å². The van der Waals surface area contributed by atoms with Crippen molar-refractivity contribution in [2.45, 2.75) is 155 Å². The van der Waals surface area contributed by atoms with Gasteiger partial charge < -0.3 is 42.6 Å². The standard InChI is InChI=1S/C47H88O9/c1-3-5-7-9-11-12-13-14-15-16-17-19-21-23-29-48-30-31-49-32-33-50-34-35-51-36-37-52-38-39-53-40-41-54-42-43-55-44-45-56-47-27-25-46(26-28-47)24-22-20-18-10-8-6-4-2/h25-28H,3-24,29-45H2,1-2H3. The molecular weight excluding hydrogens is 709 g/mol. The van der Waals surface area contributed by atoms with Crippen LogP contribution in [0.1, 0.15) is 154 Å². The Balaban J connectivity index is 1.67. The lowest BCUT2D eigenvalue weighted by molar-refractivity contribution is -0.0236. The van der Waals surface area contributed by atoms with Crippen LogP contribution in [0.3, 0.4) is 0 Å². The van der Waals surface area contributed by atoms with Gasteiger partial charge in [-0.05, 0) is 37.0 Å². The number of benzene rings is 1. The Kier molecular flexibility index (Phi) is 43.7. The summed E-state index contributed by atoms with van der Waals surface area (Å²) in [7, 11) is 0. The lowest BCUT2D eigenvalue weighted by atomic mass is 10.0. The molecule has 330 valence electrons. The summed E-state index contributed by atoms with van der Waals surface area (Å²) in [5.41, 5.74) is 1.39. The Morgan fingerprint density at radius 3 is 0.875 bits per heavy atom. The molecule has 0 radical (unpaired) electrons. The molecule has 9 nitrogen and oxygen atoms in total. The molecular formula is C47H88O9. The first-order chi connectivity index (χ1) is 27.9. The third-order valence-corrected chi connectivity index (χ3v) is 9.74. The largest absolute Gasteiger partial charge is 0.491 e. The van der Waals surface area contributed by atoms with Crippen LogP contribution in [0, 0.1) is 0 Å². The van der Waals surface area contributed by atoms with Crippen molar-refractivity contribution in [3.05, 3.63) is 29.8 Å². The van der Waals surface area contributed by atoms with E-state index in [1.165, 1.54) is 134 Å². The second-order valence-electron chi connectivity index (χ2n) is 14.9. The maximum Gasteiger partial charge on any atom is 0.119 e. The van der Waals surface area contributed by atoms with Crippen LogP contribution in [0.4, 0.5) is 0 Å². The Hall–Kier alpha value is -1.30. The van der Waals surface area contributed by atoms with Crippen molar-refractivity contribution in [3.63, 3.8) is 0 Å². The highest BCUT2D eigenvalue weighted by atomic mass is 16.6. The maximum atomic E-state index is 5.80. The number of hydrogen-bond donors (Lipinski definition) is 0. The third-order valence-electron chi connectivity index (χ3n) is 9.74. The molecule has 0 aromatic heterocycles. The van der Waals surface area contributed by atoms with Crippen molar-refractivity contribution in [1.82, 2.24) is 0 Å². The Morgan fingerprint density at radius 2 is 0.536 bits per heavy atom. The molecule has 0 saturated heterocycles. The lowest BCUT2D eigenvalue weighted by Crippen LogP contribution is -2.15. The topological polar surface area (TPSA) is 83.1 Å². The van der Waals surface area contributed by atoms with E-state index in [9.17, 15) is 0 Å². The lowest BCUT2D eigenvalue weighted by Gasteiger charge is -2.09. The second kappa shape index (κ2) is 46.4. The van der Waals surface area contributed by atoms with Gasteiger partial charge in [-0.2, -0.15) is 0 Å². The molecule has 0 heterocycles. The molecule has 9 heteroatoms. The van der Waals surface area contributed by atoms with Crippen molar-refractivity contribution in [2.24, 2.45) is 0 Å². The minimum Gasteiger partial charge on any atom is -0.491 e. The average molecular weight is 797 g/mol. The van der Waals surface area contributed by atoms with Crippen LogP contribution in [-0.4, -0.2) is 112 Å². The summed E-state index contributed by atoms with van der Waals surface area (Å²) in [5.74, 6) is 0.894. The molecule has 0 unspecified atom stereocenters. The van der Waals surface area contributed by atoms with Gasteiger partial charge in [0.05, 0.1) is 99.1 Å². The van der Waals surface area contributed by atoms with Gasteiger partial charge in [0.15, 0.2) is 0 Å². The van der Waals surface area contributed by atoms with Gasteiger partial charge in [0, 0.05) is 6.61 Å². The van der Waals surface area contributed by atoms with E-state index in [1.807, 2.05) is 0 Å². The first-order valence-electron chi connectivity index (χ1n) is 23.2. The third kappa shape index (κ3) is 40.9. The number of hydrogen-bond acceptors (Lipinski definition) is 9. The molecule has 0 bridgehead atoms. The quantitative estimate of drug-likeness (QED) is 0.0599. The summed E-state index contributed by atoms with van der Waals surface area (Å²) in [6, 6.07) is 8.48. The summed E-state index contributed by atoms with van der Waals surface area (Å²) >= 11 is 0. The van der Waals surface area contributed by atoms with Crippen molar-refractivity contribution in [3.8, 4) is 5.75 Å². The monoisotopic (exact) mass is 797 g/mol. The number of aryl methyl sites for hydroxylation is 1. The molecule has 0 saturated carbocycles. The molecule has 1 aromatic rings. The van der Waals surface area contributed by atoms with E-state index < -0.39 is 0 Å². The SMILES string of the molecule is CCCCCCCCCCCCCCCCOCCOCCOCCOCCOCCOCCOCCOCCOc1ccc(CCCCCCCCC)cc1. The van der Waals surface area contributed by atoms with Gasteiger partial charge in [-0.3, -0.25) is 0 Å². The van der Waals surface area contributed by atoms with Gasteiger partial charge in [-0.15, -0.1) is 0 Å². The van der Waals surface area contributed by atoms with Crippen LogP contribution < -0.4 is 4.74 Å². The Morgan fingerprint density at radius 1 is 0.268 bits per heavy atom. The molecule has 56 heavy (non-hydrogen) atoms. The highest BCUT2D eigenvalue weighted by Gasteiger charge is 2.00. The minimum atomic E-state index is 0.532. The van der Waals surface area contributed by atoms with Gasteiger partial charge in [-0.25, -0.2) is 0 Å². The number of rotatable bonds is 48. The summed E-state index contributed by atoms with van der Waals surface area (Å²) in [4.78, 5) is 0. The zero-order valence-electron chi connectivity index (χ0n) is 36.6. The zero-order chi connectivity index (χ0) is 39.9. The van der Waals surface area contributed by atoms with E-state index in [0.717, 1.165) is 25.2 Å². The van der Waals surface area contributed by atoms with Gasteiger partial charge in [0.1, 0.15) is 12.4 Å². The molecule has 0 spiro atoms. The van der Waals surface area contributed by atoms with Gasteiger partial charge in [-0.1, -0.05) is 148 Å². The predicted octanol–water partition coefficient (Wildman–Crippen LogP) is 11.0. The van der Waals surface area contributed by atoms with Gasteiger partial charge >= 0.3 is 0 Å². The first kappa shape index (κ1) is 52.7. The van der Waals surface area contributed by atoms with Crippen molar-refractivity contribution in [2.75, 3.05) is 112 Å². The van der Waals surface area contributed by atoms with Crippen LogP contribution in [0.25, 0.3) is 0 Å². The Bertz CT molecular complexity index is 857. The van der Waals surface area contributed by atoms with E-state index >= 15 is 0 Å². The molecule has 0 aliphatic rings. The molecule has 0 atom stereocenters. The second-order valence-corrected chi connectivity index (χ2v) is 14.9. The molecule has 0 N–H and O–H groups in total. The average Bonchev–Trinajstić information content (AvgIpc) is 3.22. The van der Waals surface area contributed by atoms with Crippen LogP contribution in [-0.2, 0) is 44.3 Å².